The minimum Gasteiger partial charge on any atom is -0.506 e. The van der Waals surface area contributed by atoms with Gasteiger partial charge in [-0.05, 0) is 32.0 Å². The van der Waals surface area contributed by atoms with Gasteiger partial charge in [-0.25, -0.2) is 4.98 Å². The summed E-state index contributed by atoms with van der Waals surface area (Å²) in [7, 11) is 0. The van der Waals surface area contributed by atoms with Gasteiger partial charge in [0, 0.05) is 48.7 Å². The van der Waals surface area contributed by atoms with Crippen molar-refractivity contribution in [1.82, 2.24) is 30.7 Å². The molecule has 1 aliphatic heterocycles. The first-order chi connectivity index (χ1) is 12.6. The Balaban J connectivity index is 1.57. The van der Waals surface area contributed by atoms with Gasteiger partial charge in [-0.15, -0.1) is 10.2 Å². The van der Waals surface area contributed by atoms with Crippen LogP contribution in [0.2, 0.25) is 0 Å². The van der Waals surface area contributed by atoms with Crippen LogP contribution in [0.5, 0.6) is 5.75 Å². The second-order valence-corrected chi connectivity index (χ2v) is 6.73. The first kappa shape index (κ1) is 16.5. The first-order valence-electron chi connectivity index (χ1n) is 8.63. The quantitative estimate of drug-likeness (QED) is 0.661. The number of H-pyrrole nitrogens is 1. The smallest absolute Gasteiger partial charge is 0.151 e. The zero-order valence-electron chi connectivity index (χ0n) is 14.7. The predicted octanol–water partition coefficient (Wildman–Crippen LogP) is 1.82. The van der Waals surface area contributed by atoms with E-state index in [4.69, 9.17) is 0 Å². The summed E-state index contributed by atoms with van der Waals surface area (Å²) < 4.78 is 0. The van der Waals surface area contributed by atoms with Gasteiger partial charge in [0.1, 0.15) is 17.1 Å². The van der Waals surface area contributed by atoms with Crippen molar-refractivity contribution in [3.63, 3.8) is 0 Å². The molecule has 1 aliphatic rings. The van der Waals surface area contributed by atoms with Gasteiger partial charge in [0.25, 0.3) is 0 Å². The van der Waals surface area contributed by atoms with E-state index in [2.05, 4.69) is 49.4 Å². The summed E-state index contributed by atoms with van der Waals surface area (Å²) in [6.45, 7) is 6.10. The van der Waals surface area contributed by atoms with Crippen molar-refractivity contribution >= 4 is 5.82 Å². The van der Waals surface area contributed by atoms with Crippen LogP contribution in [0.3, 0.4) is 0 Å². The molecule has 1 fully saturated rings. The van der Waals surface area contributed by atoms with Crippen LogP contribution in [0.25, 0.3) is 22.5 Å². The minimum absolute atomic E-state index is 0.0650. The molecule has 1 saturated heterocycles. The highest BCUT2D eigenvalue weighted by molar-refractivity contribution is 5.69. The summed E-state index contributed by atoms with van der Waals surface area (Å²) >= 11 is 0. The standard InChI is InChI=1S/C18H21N7O/c1-11-9-25(10-12(2)22-11)17-4-3-15(23-24-17)18-16(26)5-13(6-19-18)14-7-20-21-8-14/h3-8,11-12,22,26H,9-10H2,1-2H3,(H,20,21)/t11-,12?/m0/s1. The van der Waals surface area contributed by atoms with Crippen LogP contribution >= 0.6 is 0 Å². The Morgan fingerprint density at radius 3 is 2.50 bits per heavy atom. The number of nitrogens with zero attached hydrogens (tertiary/aromatic N) is 5. The molecule has 8 nitrogen and oxygen atoms in total. The van der Waals surface area contributed by atoms with Crippen molar-refractivity contribution in [2.24, 2.45) is 0 Å². The van der Waals surface area contributed by atoms with Gasteiger partial charge in [-0.1, -0.05) is 0 Å². The van der Waals surface area contributed by atoms with Crippen LogP contribution < -0.4 is 10.2 Å². The summed E-state index contributed by atoms with van der Waals surface area (Å²) in [5, 5.41) is 29.1. The maximum atomic E-state index is 10.4. The molecule has 3 aromatic rings. The molecule has 8 heteroatoms. The van der Waals surface area contributed by atoms with E-state index in [-0.39, 0.29) is 5.75 Å². The van der Waals surface area contributed by atoms with Gasteiger partial charge >= 0.3 is 0 Å². The van der Waals surface area contributed by atoms with E-state index in [1.807, 2.05) is 12.1 Å². The molecule has 26 heavy (non-hydrogen) atoms. The van der Waals surface area contributed by atoms with Crippen LogP contribution in [0.4, 0.5) is 5.82 Å². The van der Waals surface area contributed by atoms with Gasteiger partial charge in [-0.2, -0.15) is 5.10 Å². The lowest BCUT2D eigenvalue weighted by Crippen LogP contribution is -2.54. The van der Waals surface area contributed by atoms with Crippen molar-refractivity contribution in [2.75, 3.05) is 18.0 Å². The third-order valence-electron chi connectivity index (χ3n) is 4.47. The van der Waals surface area contributed by atoms with Gasteiger partial charge in [0.2, 0.25) is 0 Å². The number of rotatable bonds is 3. The molecule has 134 valence electrons. The number of aromatic nitrogens is 5. The summed E-state index contributed by atoms with van der Waals surface area (Å²) in [6.07, 6.45) is 5.12. The molecule has 4 heterocycles. The number of aromatic hydroxyl groups is 1. The molecule has 0 amide bonds. The highest BCUT2D eigenvalue weighted by atomic mass is 16.3. The molecule has 2 atom stereocenters. The number of hydrogen-bond donors (Lipinski definition) is 3. The molecule has 0 radical (unpaired) electrons. The number of pyridine rings is 1. The summed E-state index contributed by atoms with van der Waals surface area (Å²) in [4.78, 5) is 6.57. The molecule has 0 saturated carbocycles. The van der Waals surface area contributed by atoms with Gasteiger partial charge < -0.3 is 15.3 Å². The highest BCUT2D eigenvalue weighted by Crippen LogP contribution is 2.30. The van der Waals surface area contributed by atoms with Crippen LogP contribution in [0.1, 0.15) is 13.8 Å². The molecule has 0 spiro atoms. The summed E-state index contributed by atoms with van der Waals surface area (Å²) in [6, 6.07) is 6.24. The SMILES string of the molecule is CC1CN(c2ccc(-c3ncc(-c4cn[nH]c4)cc3O)nn2)C[C@H](C)N1. The van der Waals surface area contributed by atoms with Crippen LogP contribution in [0, 0.1) is 0 Å². The zero-order valence-corrected chi connectivity index (χ0v) is 14.7. The third kappa shape index (κ3) is 3.23. The topological polar surface area (TPSA) is 103 Å². The summed E-state index contributed by atoms with van der Waals surface area (Å²) in [5.74, 6) is 0.902. The lowest BCUT2D eigenvalue weighted by Gasteiger charge is -2.36. The lowest BCUT2D eigenvalue weighted by molar-refractivity contribution is 0.404. The fourth-order valence-corrected chi connectivity index (χ4v) is 3.35. The van der Waals surface area contributed by atoms with Gasteiger partial charge in [0.15, 0.2) is 5.82 Å². The van der Waals surface area contributed by atoms with Crippen molar-refractivity contribution < 1.29 is 5.11 Å². The number of anilines is 1. The Morgan fingerprint density at radius 2 is 1.88 bits per heavy atom. The molecule has 3 aromatic heterocycles. The van der Waals surface area contributed by atoms with E-state index < -0.39 is 0 Å². The third-order valence-corrected chi connectivity index (χ3v) is 4.47. The molecule has 3 N–H and O–H groups in total. The van der Waals surface area contributed by atoms with E-state index >= 15 is 0 Å². The summed E-state index contributed by atoms with van der Waals surface area (Å²) in [5.41, 5.74) is 2.61. The molecule has 0 bridgehead atoms. The monoisotopic (exact) mass is 351 g/mol. The van der Waals surface area contributed by atoms with Crippen LogP contribution in [-0.4, -0.2) is 55.7 Å². The van der Waals surface area contributed by atoms with Crippen LogP contribution in [0.15, 0.2) is 36.8 Å². The second-order valence-electron chi connectivity index (χ2n) is 6.73. The maximum Gasteiger partial charge on any atom is 0.151 e. The molecular weight excluding hydrogens is 330 g/mol. The molecule has 0 aromatic carbocycles. The average molecular weight is 351 g/mol. The van der Waals surface area contributed by atoms with E-state index in [0.29, 0.717) is 23.5 Å². The van der Waals surface area contributed by atoms with E-state index in [9.17, 15) is 5.11 Å². The van der Waals surface area contributed by atoms with Gasteiger partial charge in [-0.3, -0.25) is 5.10 Å². The Bertz CT molecular complexity index is 869. The zero-order chi connectivity index (χ0) is 18.1. The van der Waals surface area contributed by atoms with Gasteiger partial charge in [0.05, 0.1) is 6.20 Å². The molecular formula is C18H21N7O. The second kappa shape index (κ2) is 6.72. The fourth-order valence-electron chi connectivity index (χ4n) is 3.35. The lowest BCUT2D eigenvalue weighted by atomic mass is 10.1. The average Bonchev–Trinajstić information content (AvgIpc) is 3.16. The van der Waals surface area contributed by atoms with Crippen molar-refractivity contribution in [3.05, 3.63) is 36.8 Å². The Hall–Kier alpha value is -3.00. The van der Waals surface area contributed by atoms with Crippen molar-refractivity contribution in [3.8, 4) is 28.3 Å². The number of hydrogen-bond acceptors (Lipinski definition) is 7. The van der Waals surface area contributed by atoms with E-state index in [1.165, 1.54) is 0 Å². The normalized spacial score (nSPS) is 20.3. The number of aromatic amines is 1. The van der Waals surface area contributed by atoms with Crippen molar-refractivity contribution in [2.45, 2.75) is 25.9 Å². The maximum absolute atomic E-state index is 10.4. The Labute approximate surface area is 151 Å². The fraction of sp³-hybridized carbons (Fsp3) is 0.333. The van der Waals surface area contributed by atoms with Crippen molar-refractivity contribution in [1.29, 1.82) is 0 Å². The molecule has 0 aliphatic carbocycles. The Morgan fingerprint density at radius 1 is 1.08 bits per heavy atom. The largest absolute Gasteiger partial charge is 0.506 e. The number of nitrogens with one attached hydrogen (secondary N) is 2. The van der Waals surface area contributed by atoms with E-state index in [0.717, 1.165) is 30.0 Å². The van der Waals surface area contributed by atoms with E-state index in [1.54, 1.807) is 24.7 Å². The first-order valence-corrected chi connectivity index (χ1v) is 8.63. The molecule has 1 unspecified atom stereocenters. The number of piperazine rings is 1. The van der Waals surface area contributed by atoms with Crippen LogP contribution in [-0.2, 0) is 0 Å². The predicted molar refractivity (Wildman–Crippen MR) is 98.8 cm³/mol. The molecule has 4 rings (SSSR count). The Kier molecular flexibility index (Phi) is 4.26. The highest BCUT2D eigenvalue weighted by Gasteiger charge is 2.22. The minimum atomic E-state index is 0.0650.